The van der Waals surface area contributed by atoms with Gasteiger partial charge in [0.25, 0.3) is 0 Å². The van der Waals surface area contributed by atoms with Crippen LogP contribution in [0.5, 0.6) is 0 Å². The second-order valence-corrected chi connectivity index (χ2v) is 12.2. The van der Waals surface area contributed by atoms with Crippen molar-refractivity contribution in [2.45, 2.75) is 65.1 Å². The Kier molecular flexibility index (Phi) is 11.3. The molecule has 40 heavy (non-hydrogen) atoms. The van der Waals surface area contributed by atoms with Crippen LogP contribution in [0.3, 0.4) is 0 Å². The maximum Gasteiger partial charge on any atom is 0.243 e. The third-order valence-electron chi connectivity index (χ3n) is 7.07. The summed E-state index contributed by atoms with van der Waals surface area (Å²) in [7, 11) is -3.53. The summed E-state index contributed by atoms with van der Waals surface area (Å²) in [6.45, 7) is 6.40. The average molecular weight is 564 g/mol. The minimum atomic E-state index is -3.53. The van der Waals surface area contributed by atoms with Crippen molar-refractivity contribution in [2.24, 2.45) is 0 Å². The predicted molar refractivity (Wildman–Crippen MR) is 161 cm³/mol. The standard InChI is InChI=1S/C32H41N3O4S/c1-5-26(3)33-32(37)30(23-27-16-8-6-9-17-27)34(24-28-18-13-12-15-25(28)2)31(36)21-14-22-35(40(4,38)39)29-19-10-7-11-20-29/h6-13,15-20,26,30H,5,14,21-24H2,1-4H3,(H,33,37)/t26-,30+/m1/s1. The molecule has 7 nitrogen and oxygen atoms in total. The van der Waals surface area contributed by atoms with E-state index in [1.54, 1.807) is 29.2 Å². The maximum absolute atomic E-state index is 13.9. The van der Waals surface area contributed by atoms with Crippen LogP contribution < -0.4 is 9.62 Å². The van der Waals surface area contributed by atoms with E-state index in [1.807, 2.05) is 81.4 Å². The molecule has 0 bridgehead atoms. The molecule has 3 aromatic carbocycles. The minimum absolute atomic E-state index is 0.0321. The largest absolute Gasteiger partial charge is 0.352 e. The molecule has 0 unspecified atom stereocenters. The van der Waals surface area contributed by atoms with Crippen molar-refractivity contribution in [3.8, 4) is 0 Å². The maximum atomic E-state index is 13.9. The molecule has 0 saturated carbocycles. The number of rotatable bonds is 14. The van der Waals surface area contributed by atoms with Gasteiger partial charge >= 0.3 is 0 Å². The number of sulfonamides is 1. The summed E-state index contributed by atoms with van der Waals surface area (Å²) in [6.07, 6.45) is 2.74. The van der Waals surface area contributed by atoms with E-state index in [4.69, 9.17) is 0 Å². The van der Waals surface area contributed by atoms with Gasteiger partial charge < -0.3 is 10.2 Å². The lowest BCUT2D eigenvalue weighted by molar-refractivity contribution is -0.141. The van der Waals surface area contributed by atoms with Crippen LogP contribution in [-0.4, -0.2) is 50.0 Å². The Morgan fingerprint density at radius 2 is 1.50 bits per heavy atom. The SMILES string of the molecule is CC[C@@H](C)NC(=O)[C@H](Cc1ccccc1)N(Cc1ccccc1C)C(=O)CCCN(c1ccccc1)S(C)(=O)=O. The fourth-order valence-electron chi connectivity index (χ4n) is 4.56. The second kappa shape index (κ2) is 14.7. The van der Waals surface area contributed by atoms with Gasteiger partial charge in [-0.2, -0.15) is 0 Å². The molecule has 2 atom stereocenters. The lowest BCUT2D eigenvalue weighted by Gasteiger charge is -2.33. The quantitative estimate of drug-likeness (QED) is 0.296. The molecule has 0 aliphatic heterocycles. The Balaban J connectivity index is 1.89. The number of nitrogens with one attached hydrogen (secondary N) is 1. The number of carbonyl (C=O) groups excluding carboxylic acids is 2. The molecular weight excluding hydrogens is 522 g/mol. The number of benzene rings is 3. The van der Waals surface area contributed by atoms with Crippen LogP contribution in [0.25, 0.3) is 0 Å². The number of nitrogens with zero attached hydrogens (tertiary/aromatic N) is 2. The highest BCUT2D eigenvalue weighted by Gasteiger charge is 2.31. The van der Waals surface area contributed by atoms with Gasteiger partial charge in [-0.1, -0.05) is 79.7 Å². The molecule has 0 heterocycles. The average Bonchev–Trinajstić information content (AvgIpc) is 2.94. The number of hydrogen-bond acceptors (Lipinski definition) is 4. The van der Waals surface area contributed by atoms with E-state index >= 15 is 0 Å². The van der Waals surface area contributed by atoms with Crippen LogP contribution >= 0.6 is 0 Å². The third kappa shape index (κ3) is 8.95. The molecule has 214 valence electrons. The summed E-state index contributed by atoms with van der Waals surface area (Å²) in [5.74, 6) is -0.382. The van der Waals surface area contributed by atoms with Gasteiger partial charge in [0.15, 0.2) is 0 Å². The molecule has 0 radical (unpaired) electrons. The first-order chi connectivity index (χ1) is 19.1. The van der Waals surface area contributed by atoms with Gasteiger partial charge in [0.1, 0.15) is 6.04 Å². The molecule has 0 fully saturated rings. The van der Waals surface area contributed by atoms with Crippen molar-refractivity contribution in [3.05, 3.63) is 102 Å². The Hall–Kier alpha value is -3.65. The number of para-hydroxylation sites is 1. The summed E-state index contributed by atoms with van der Waals surface area (Å²) >= 11 is 0. The van der Waals surface area contributed by atoms with Gasteiger partial charge in [-0.05, 0) is 55.5 Å². The van der Waals surface area contributed by atoms with Gasteiger partial charge in [0.2, 0.25) is 21.8 Å². The third-order valence-corrected chi connectivity index (χ3v) is 8.26. The van der Waals surface area contributed by atoms with Crippen LogP contribution in [0.4, 0.5) is 5.69 Å². The fraction of sp³-hybridized carbons (Fsp3) is 0.375. The number of hydrogen-bond donors (Lipinski definition) is 1. The molecule has 3 aromatic rings. The predicted octanol–water partition coefficient (Wildman–Crippen LogP) is 5.10. The highest BCUT2D eigenvalue weighted by Crippen LogP contribution is 2.21. The summed E-state index contributed by atoms with van der Waals surface area (Å²) in [4.78, 5) is 29.2. The van der Waals surface area contributed by atoms with E-state index in [-0.39, 0.29) is 37.4 Å². The number of anilines is 1. The fourth-order valence-corrected chi connectivity index (χ4v) is 5.53. The zero-order chi connectivity index (χ0) is 29.1. The van der Waals surface area contributed by atoms with Crippen LogP contribution in [0, 0.1) is 6.92 Å². The molecular formula is C32H41N3O4S. The van der Waals surface area contributed by atoms with Crippen molar-refractivity contribution >= 4 is 27.5 Å². The van der Waals surface area contributed by atoms with Crippen molar-refractivity contribution < 1.29 is 18.0 Å². The molecule has 0 spiro atoms. The summed E-state index contributed by atoms with van der Waals surface area (Å²) < 4.78 is 26.4. The lowest BCUT2D eigenvalue weighted by atomic mass is 10.0. The summed E-state index contributed by atoms with van der Waals surface area (Å²) in [5, 5.41) is 3.08. The molecule has 3 rings (SSSR count). The smallest absolute Gasteiger partial charge is 0.243 e. The summed E-state index contributed by atoms with van der Waals surface area (Å²) in [5.41, 5.74) is 3.52. The van der Waals surface area contributed by atoms with Gasteiger partial charge in [-0.3, -0.25) is 13.9 Å². The van der Waals surface area contributed by atoms with E-state index in [9.17, 15) is 18.0 Å². The lowest BCUT2D eigenvalue weighted by Crippen LogP contribution is -2.52. The van der Waals surface area contributed by atoms with Gasteiger partial charge in [0.05, 0.1) is 11.9 Å². The Labute approximate surface area is 239 Å². The second-order valence-electron chi connectivity index (χ2n) is 10.2. The van der Waals surface area contributed by atoms with E-state index in [0.717, 1.165) is 23.1 Å². The van der Waals surface area contributed by atoms with Crippen molar-refractivity contribution in [1.82, 2.24) is 10.2 Å². The van der Waals surface area contributed by atoms with Crippen molar-refractivity contribution in [1.29, 1.82) is 0 Å². The number of carbonyl (C=O) groups is 2. The molecule has 2 amide bonds. The first-order valence-corrected chi connectivity index (χ1v) is 15.7. The van der Waals surface area contributed by atoms with E-state index < -0.39 is 16.1 Å². The molecule has 0 aliphatic rings. The van der Waals surface area contributed by atoms with Crippen LogP contribution in [-0.2, 0) is 32.6 Å². The normalized spacial score (nSPS) is 12.8. The van der Waals surface area contributed by atoms with Crippen LogP contribution in [0.1, 0.15) is 49.8 Å². The monoisotopic (exact) mass is 563 g/mol. The van der Waals surface area contributed by atoms with Crippen molar-refractivity contribution in [3.63, 3.8) is 0 Å². The first kappa shape index (κ1) is 30.9. The van der Waals surface area contributed by atoms with Crippen LogP contribution in [0.2, 0.25) is 0 Å². The van der Waals surface area contributed by atoms with E-state index in [2.05, 4.69) is 5.32 Å². The first-order valence-electron chi connectivity index (χ1n) is 13.8. The van der Waals surface area contributed by atoms with Gasteiger partial charge in [-0.15, -0.1) is 0 Å². The molecule has 1 N–H and O–H groups in total. The van der Waals surface area contributed by atoms with Crippen molar-refractivity contribution in [2.75, 3.05) is 17.1 Å². The van der Waals surface area contributed by atoms with E-state index in [1.165, 1.54) is 10.6 Å². The highest BCUT2D eigenvalue weighted by molar-refractivity contribution is 7.92. The Bertz CT molecular complexity index is 1350. The Morgan fingerprint density at radius 3 is 2.10 bits per heavy atom. The molecule has 8 heteroatoms. The number of amides is 2. The summed E-state index contributed by atoms with van der Waals surface area (Å²) in [6, 6.07) is 25.7. The topological polar surface area (TPSA) is 86.8 Å². The van der Waals surface area contributed by atoms with Gasteiger partial charge in [-0.25, -0.2) is 8.42 Å². The molecule has 0 saturated heterocycles. The minimum Gasteiger partial charge on any atom is -0.352 e. The Morgan fingerprint density at radius 1 is 0.900 bits per heavy atom. The zero-order valence-electron chi connectivity index (χ0n) is 23.9. The van der Waals surface area contributed by atoms with E-state index in [0.29, 0.717) is 18.5 Å². The highest BCUT2D eigenvalue weighted by atomic mass is 32.2. The zero-order valence-corrected chi connectivity index (χ0v) is 24.7. The van der Waals surface area contributed by atoms with Crippen LogP contribution in [0.15, 0.2) is 84.9 Å². The number of aryl methyl sites for hydroxylation is 1. The van der Waals surface area contributed by atoms with Gasteiger partial charge in [0, 0.05) is 32.0 Å². The molecule has 0 aromatic heterocycles. The molecule has 0 aliphatic carbocycles.